The van der Waals surface area contributed by atoms with E-state index in [1.54, 1.807) is 0 Å². The molecule has 3 rings (SSSR count). The average Bonchev–Trinajstić information content (AvgIpc) is 3.39. The average molecular weight is 396 g/mol. The van der Waals surface area contributed by atoms with E-state index in [1.807, 2.05) is 0 Å². The second kappa shape index (κ2) is 6.57. The third-order valence-corrected chi connectivity index (χ3v) is 5.09. The van der Waals surface area contributed by atoms with E-state index in [-0.39, 0.29) is 25.1 Å². The van der Waals surface area contributed by atoms with Crippen LogP contribution in [-0.4, -0.2) is 34.7 Å². The van der Waals surface area contributed by atoms with Gasteiger partial charge in [-0.2, -0.15) is 26.3 Å². The summed E-state index contributed by atoms with van der Waals surface area (Å²) in [6, 6.07) is 0.155. The van der Waals surface area contributed by atoms with E-state index in [4.69, 9.17) is 0 Å². The quantitative estimate of drug-likeness (QED) is 0.724. The summed E-state index contributed by atoms with van der Waals surface area (Å²) in [5.74, 6) is 0.209. The van der Waals surface area contributed by atoms with Crippen LogP contribution < -0.4 is 5.32 Å². The van der Waals surface area contributed by atoms with Gasteiger partial charge in [0.2, 0.25) is 0 Å². The maximum absolute atomic E-state index is 12.9. The Morgan fingerprint density at radius 2 is 1.48 bits per heavy atom. The Morgan fingerprint density at radius 3 is 1.89 bits per heavy atom. The molecule has 1 saturated carbocycles. The van der Waals surface area contributed by atoms with Gasteiger partial charge in [0, 0.05) is 18.8 Å². The van der Waals surface area contributed by atoms with Crippen molar-refractivity contribution in [2.24, 2.45) is 5.92 Å². The molecule has 0 radical (unpaired) electrons. The summed E-state index contributed by atoms with van der Waals surface area (Å²) in [6.07, 6.45) is -7.44. The van der Waals surface area contributed by atoms with E-state index in [0.717, 1.165) is 12.8 Å². The number of hydrogen-bond acceptors (Lipinski definition) is 2. The number of hydrogen-bond donors (Lipinski definition) is 2. The fourth-order valence-electron chi connectivity index (χ4n) is 3.36. The van der Waals surface area contributed by atoms with E-state index in [0.29, 0.717) is 25.0 Å². The molecule has 150 valence electrons. The number of nitrogens with zero attached hydrogens (tertiary/aromatic N) is 1. The molecule has 2 aliphatic rings. The number of rotatable bonds is 2. The zero-order valence-electron chi connectivity index (χ0n) is 14.1. The Bertz CT molecular complexity index is 687. The molecule has 0 bridgehead atoms. The zero-order chi connectivity index (χ0) is 20.0. The molecule has 0 aromatic heterocycles. The van der Waals surface area contributed by atoms with Crippen molar-refractivity contribution in [2.45, 2.75) is 43.6 Å². The maximum atomic E-state index is 12.9. The van der Waals surface area contributed by atoms with Gasteiger partial charge >= 0.3 is 18.4 Å². The molecule has 1 aliphatic carbocycles. The predicted octanol–water partition coefficient (Wildman–Crippen LogP) is 4.49. The van der Waals surface area contributed by atoms with Crippen LogP contribution in [0.3, 0.4) is 0 Å². The van der Waals surface area contributed by atoms with Crippen LogP contribution in [0.4, 0.5) is 36.8 Å². The summed E-state index contributed by atoms with van der Waals surface area (Å²) >= 11 is 0. The first-order chi connectivity index (χ1) is 12.4. The van der Waals surface area contributed by atoms with Crippen molar-refractivity contribution in [3.63, 3.8) is 0 Å². The predicted molar refractivity (Wildman–Crippen MR) is 83.9 cm³/mol. The van der Waals surface area contributed by atoms with Crippen LogP contribution >= 0.6 is 0 Å². The van der Waals surface area contributed by atoms with Crippen molar-refractivity contribution in [1.29, 1.82) is 0 Å². The molecule has 1 aromatic rings. The Balaban J connectivity index is 1.73. The van der Waals surface area contributed by atoms with Gasteiger partial charge in [-0.05, 0) is 49.8 Å². The van der Waals surface area contributed by atoms with Gasteiger partial charge < -0.3 is 15.3 Å². The molecule has 1 saturated heterocycles. The number of aliphatic hydroxyl groups is 1. The van der Waals surface area contributed by atoms with Crippen molar-refractivity contribution >= 4 is 11.7 Å². The molecule has 2 fully saturated rings. The minimum absolute atomic E-state index is 0.00625. The summed E-state index contributed by atoms with van der Waals surface area (Å²) in [7, 11) is 0. The van der Waals surface area contributed by atoms with Crippen molar-refractivity contribution in [1.82, 2.24) is 4.90 Å². The van der Waals surface area contributed by atoms with Crippen molar-refractivity contribution in [3.05, 3.63) is 29.3 Å². The summed E-state index contributed by atoms with van der Waals surface area (Å²) in [4.78, 5) is 13.5. The molecule has 1 heterocycles. The number of benzene rings is 1. The van der Waals surface area contributed by atoms with Crippen LogP contribution in [0.5, 0.6) is 0 Å². The van der Waals surface area contributed by atoms with Crippen LogP contribution in [0.2, 0.25) is 0 Å². The van der Waals surface area contributed by atoms with Crippen LogP contribution in [0.1, 0.15) is 36.8 Å². The fourth-order valence-corrected chi connectivity index (χ4v) is 3.36. The van der Waals surface area contributed by atoms with Gasteiger partial charge in [-0.15, -0.1) is 0 Å². The molecule has 4 nitrogen and oxygen atoms in total. The second-order valence-electron chi connectivity index (χ2n) is 7.09. The zero-order valence-corrected chi connectivity index (χ0v) is 14.1. The molecule has 1 aromatic carbocycles. The Morgan fingerprint density at radius 1 is 1.00 bits per heavy atom. The van der Waals surface area contributed by atoms with Gasteiger partial charge in [0.15, 0.2) is 0 Å². The number of carbonyl (C=O) groups is 1. The molecule has 10 heteroatoms. The lowest BCUT2D eigenvalue weighted by Gasteiger charge is -2.38. The standard InChI is InChI=1S/C17H18F6N2O2/c18-16(19,20)11-7-12(17(21,22)23)9-13(8-11)24-14(26)25-5-3-15(27,4-6-25)10-1-2-10/h7-10,27H,1-6H2,(H,24,26). The lowest BCUT2D eigenvalue weighted by atomic mass is 9.87. The number of urea groups is 1. The molecule has 1 aliphatic heterocycles. The minimum Gasteiger partial charge on any atom is -0.389 e. The number of alkyl halides is 6. The highest BCUT2D eigenvalue weighted by atomic mass is 19.4. The van der Waals surface area contributed by atoms with E-state index < -0.39 is 40.8 Å². The van der Waals surface area contributed by atoms with Gasteiger partial charge in [-0.3, -0.25) is 0 Å². The molecule has 2 amide bonds. The molecular formula is C17H18F6N2O2. The van der Waals surface area contributed by atoms with Gasteiger partial charge in [0.1, 0.15) is 0 Å². The van der Waals surface area contributed by atoms with Gasteiger partial charge in [-0.25, -0.2) is 4.79 Å². The Hall–Kier alpha value is -1.97. The fraction of sp³-hybridized carbons (Fsp3) is 0.588. The number of halogens is 6. The molecule has 2 N–H and O–H groups in total. The number of carbonyl (C=O) groups excluding carboxylic acids is 1. The minimum atomic E-state index is -4.98. The van der Waals surface area contributed by atoms with Gasteiger partial charge in [0.05, 0.1) is 16.7 Å². The van der Waals surface area contributed by atoms with Gasteiger partial charge in [-0.1, -0.05) is 0 Å². The van der Waals surface area contributed by atoms with Gasteiger partial charge in [0.25, 0.3) is 0 Å². The Labute approximate surface area is 151 Å². The molecule has 0 unspecified atom stereocenters. The number of anilines is 1. The maximum Gasteiger partial charge on any atom is 0.416 e. The second-order valence-corrected chi connectivity index (χ2v) is 7.09. The first-order valence-electron chi connectivity index (χ1n) is 8.46. The van der Waals surface area contributed by atoms with Crippen LogP contribution in [0.15, 0.2) is 18.2 Å². The van der Waals surface area contributed by atoms with Crippen molar-refractivity contribution in [3.8, 4) is 0 Å². The van der Waals surface area contributed by atoms with Crippen LogP contribution in [0.25, 0.3) is 0 Å². The lowest BCUT2D eigenvalue weighted by Crippen LogP contribution is -2.49. The van der Waals surface area contributed by atoms with E-state index in [1.165, 1.54) is 4.90 Å². The van der Waals surface area contributed by atoms with E-state index >= 15 is 0 Å². The highest BCUT2D eigenvalue weighted by Crippen LogP contribution is 2.45. The van der Waals surface area contributed by atoms with Crippen molar-refractivity contribution < 1.29 is 36.2 Å². The summed E-state index contributed by atoms with van der Waals surface area (Å²) in [5.41, 5.74) is -4.40. The topological polar surface area (TPSA) is 52.6 Å². The van der Waals surface area contributed by atoms with E-state index in [2.05, 4.69) is 5.32 Å². The lowest BCUT2D eigenvalue weighted by molar-refractivity contribution is -0.143. The summed E-state index contributed by atoms with van der Waals surface area (Å²) in [5, 5.41) is 12.6. The van der Waals surface area contributed by atoms with Crippen LogP contribution in [0, 0.1) is 5.92 Å². The number of nitrogens with one attached hydrogen (secondary N) is 1. The number of piperidine rings is 1. The first-order valence-corrected chi connectivity index (χ1v) is 8.46. The van der Waals surface area contributed by atoms with Crippen LogP contribution in [-0.2, 0) is 12.4 Å². The first kappa shape index (κ1) is 19.8. The monoisotopic (exact) mass is 396 g/mol. The largest absolute Gasteiger partial charge is 0.416 e. The highest BCUT2D eigenvalue weighted by molar-refractivity contribution is 5.89. The molecule has 0 atom stereocenters. The van der Waals surface area contributed by atoms with Crippen molar-refractivity contribution in [2.75, 3.05) is 18.4 Å². The smallest absolute Gasteiger partial charge is 0.389 e. The number of amides is 2. The highest BCUT2D eigenvalue weighted by Gasteiger charge is 2.46. The summed E-state index contributed by atoms with van der Waals surface area (Å²) < 4.78 is 77.3. The number of likely N-dealkylation sites (tertiary alicyclic amines) is 1. The normalized spacial score (nSPS) is 20.5. The molecule has 0 spiro atoms. The molecule has 27 heavy (non-hydrogen) atoms. The molecular weight excluding hydrogens is 378 g/mol. The SMILES string of the molecule is O=C(Nc1cc(C(F)(F)F)cc(C(F)(F)F)c1)N1CCC(O)(C2CC2)CC1. The third kappa shape index (κ3) is 4.48. The Kier molecular flexibility index (Phi) is 4.82. The van der Waals surface area contributed by atoms with E-state index in [9.17, 15) is 36.2 Å². The summed E-state index contributed by atoms with van der Waals surface area (Å²) in [6.45, 7) is 0.369. The third-order valence-electron chi connectivity index (χ3n) is 5.09.